The van der Waals surface area contributed by atoms with Gasteiger partial charge in [0.25, 0.3) is 5.91 Å². The third kappa shape index (κ3) is 5.34. The van der Waals surface area contributed by atoms with Crippen LogP contribution < -0.4 is 10.0 Å². The summed E-state index contributed by atoms with van der Waals surface area (Å²) in [5.41, 5.74) is 2.46. The maximum absolute atomic E-state index is 12.9. The van der Waals surface area contributed by atoms with Gasteiger partial charge in [0.1, 0.15) is 0 Å². The molecule has 1 amide bonds. The smallest absolute Gasteiger partial charge is 0.256 e. The number of hydrogen-bond acceptors (Lipinski definition) is 4. The number of anilines is 2. The Morgan fingerprint density at radius 1 is 0.900 bits per heavy atom. The average Bonchev–Trinajstić information content (AvgIpc) is 2.69. The van der Waals surface area contributed by atoms with E-state index in [0.717, 1.165) is 10.7 Å². The third-order valence-corrected chi connectivity index (χ3v) is 5.43. The average molecular weight is 487 g/mol. The quantitative estimate of drug-likeness (QED) is 0.497. The highest BCUT2D eigenvalue weighted by Crippen LogP contribution is 2.23. The van der Waals surface area contributed by atoms with Crippen molar-refractivity contribution >= 4 is 49.0 Å². The second-order valence-electron chi connectivity index (χ2n) is 6.74. The van der Waals surface area contributed by atoms with Crippen molar-refractivity contribution < 1.29 is 18.0 Å². The van der Waals surface area contributed by atoms with Crippen LogP contribution in [0, 0.1) is 6.92 Å². The summed E-state index contributed by atoms with van der Waals surface area (Å²) in [7, 11) is -3.46. The number of ketones is 1. The van der Waals surface area contributed by atoms with Gasteiger partial charge in [0.05, 0.1) is 17.5 Å². The summed E-state index contributed by atoms with van der Waals surface area (Å²) in [6.07, 6.45) is 1.06. The second-order valence-corrected chi connectivity index (χ2v) is 9.40. The van der Waals surface area contributed by atoms with Gasteiger partial charge in [-0.3, -0.25) is 14.3 Å². The van der Waals surface area contributed by atoms with E-state index in [9.17, 15) is 18.0 Å². The van der Waals surface area contributed by atoms with E-state index in [1.807, 2.05) is 0 Å². The fraction of sp³-hybridized carbons (Fsp3) is 0.0909. The van der Waals surface area contributed by atoms with Crippen molar-refractivity contribution in [1.82, 2.24) is 0 Å². The summed E-state index contributed by atoms with van der Waals surface area (Å²) < 4.78 is 26.4. The number of rotatable bonds is 6. The topological polar surface area (TPSA) is 92.3 Å². The molecule has 3 aromatic rings. The standard InChI is InChI=1S/C22H19BrN2O4S/c1-14-7-12-17(13-20(14)25-30(2,28)29)24-22(27)19-6-4-3-5-18(19)21(26)15-8-10-16(23)11-9-15/h3-13,25H,1-2H3,(H,24,27). The maximum Gasteiger partial charge on any atom is 0.256 e. The van der Waals surface area contributed by atoms with Crippen molar-refractivity contribution in [3.63, 3.8) is 0 Å². The summed E-state index contributed by atoms with van der Waals surface area (Å²) >= 11 is 3.34. The lowest BCUT2D eigenvalue weighted by Gasteiger charge is -2.13. The molecule has 154 valence electrons. The van der Waals surface area contributed by atoms with Crippen molar-refractivity contribution in [2.75, 3.05) is 16.3 Å². The zero-order valence-electron chi connectivity index (χ0n) is 16.3. The first-order valence-corrected chi connectivity index (χ1v) is 11.6. The number of sulfonamides is 1. The van der Waals surface area contributed by atoms with E-state index in [-0.39, 0.29) is 16.9 Å². The first-order chi connectivity index (χ1) is 14.1. The summed E-state index contributed by atoms with van der Waals surface area (Å²) in [6, 6.07) is 18.3. The monoisotopic (exact) mass is 486 g/mol. The normalized spacial score (nSPS) is 11.0. The molecule has 0 aromatic heterocycles. The predicted octanol–water partition coefficient (Wildman–Crippen LogP) is 4.61. The van der Waals surface area contributed by atoms with Crippen LogP contribution in [-0.2, 0) is 10.0 Å². The van der Waals surface area contributed by atoms with Gasteiger partial charge in [-0.2, -0.15) is 0 Å². The molecule has 0 aliphatic carbocycles. The van der Waals surface area contributed by atoms with Gasteiger partial charge in [0.15, 0.2) is 5.78 Å². The lowest BCUT2D eigenvalue weighted by Crippen LogP contribution is -2.17. The van der Waals surface area contributed by atoms with Crippen LogP contribution in [0.1, 0.15) is 31.8 Å². The molecule has 3 rings (SSSR count). The molecule has 6 nitrogen and oxygen atoms in total. The molecule has 0 aliphatic heterocycles. The van der Waals surface area contributed by atoms with Gasteiger partial charge in [-0.1, -0.05) is 40.2 Å². The number of benzene rings is 3. The summed E-state index contributed by atoms with van der Waals surface area (Å²) in [5.74, 6) is -0.734. The maximum atomic E-state index is 12.9. The SMILES string of the molecule is Cc1ccc(NC(=O)c2ccccc2C(=O)c2ccc(Br)cc2)cc1NS(C)(=O)=O. The highest BCUT2D eigenvalue weighted by Gasteiger charge is 2.18. The summed E-state index contributed by atoms with van der Waals surface area (Å²) in [4.78, 5) is 25.8. The van der Waals surface area contributed by atoms with Gasteiger partial charge in [0.2, 0.25) is 10.0 Å². The van der Waals surface area contributed by atoms with Crippen molar-refractivity contribution in [2.45, 2.75) is 6.92 Å². The lowest BCUT2D eigenvalue weighted by atomic mass is 9.98. The number of carbonyl (C=O) groups excluding carboxylic acids is 2. The molecule has 0 radical (unpaired) electrons. The molecule has 0 bridgehead atoms. The van der Waals surface area contributed by atoms with Crippen molar-refractivity contribution in [3.8, 4) is 0 Å². The number of nitrogens with one attached hydrogen (secondary N) is 2. The van der Waals surface area contributed by atoms with Gasteiger partial charge in [-0.25, -0.2) is 8.42 Å². The van der Waals surface area contributed by atoms with Crippen molar-refractivity contribution in [1.29, 1.82) is 0 Å². The van der Waals surface area contributed by atoms with Crippen LogP contribution in [0.3, 0.4) is 0 Å². The highest BCUT2D eigenvalue weighted by molar-refractivity contribution is 9.10. The Labute approximate surface area is 183 Å². The zero-order chi connectivity index (χ0) is 21.9. The molecule has 0 spiro atoms. The summed E-state index contributed by atoms with van der Waals surface area (Å²) in [6.45, 7) is 1.76. The van der Waals surface area contributed by atoms with Crippen LogP contribution in [0.15, 0.2) is 71.2 Å². The lowest BCUT2D eigenvalue weighted by molar-refractivity contribution is 0.0996. The van der Waals surface area contributed by atoms with Gasteiger partial charge in [0, 0.05) is 21.3 Å². The molecule has 0 saturated carbocycles. The highest BCUT2D eigenvalue weighted by atomic mass is 79.9. The van der Waals surface area contributed by atoms with Gasteiger partial charge in [-0.15, -0.1) is 0 Å². The number of amides is 1. The first-order valence-electron chi connectivity index (χ1n) is 8.93. The van der Waals surface area contributed by atoms with Crippen molar-refractivity contribution in [3.05, 3.63) is 93.5 Å². The number of aryl methyl sites for hydroxylation is 1. The van der Waals surface area contributed by atoms with Crippen LogP contribution >= 0.6 is 15.9 Å². The fourth-order valence-electron chi connectivity index (χ4n) is 2.84. The zero-order valence-corrected chi connectivity index (χ0v) is 18.7. The predicted molar refractivity (Wildman–Crippen MR) is 122 cm³/mol. The Kier molecular flexibility index (Phi) is 6.38. The van der Waals surface area contributed by atoms with E-state index in [2.05, 4.69) is 26.0 Å². The largest absolute Gasteiger partial charge is 0.322 e. The molecule has 0 fully saturated rings. The minimum Gasteiger partial charge on any atom is -0.322 e. The molecular formula is C22H19BrN2O4S. The Morgan fingerprint density at radius 3 is 2.17 bits per heavy atom. The van der Waals surface area contributed by atoms with E-state index in [1.165, 1.54) is 6.07 Å². The molecule has 0 heterocycles. The summed E-state index contributed by atoms with van der Waals surface area (Å²) in [5, 5.41) is 2.73. The van der Waals surface area contributed by atoms with E-state index in [4.69, 9.17) is 0 Å². The fourth-order valence-corrected chi connectivity index (χ4v) is 3.73. The molecule has 2 N–H and O–H groups in total. The van der Waals surface area contributed by atoms with Gasteiger partial charge >= 0.3 is 0 Å². The molecule has 30 heavy (non-hydrogen) atoms. The van der Waals surface area contributed by atoms with E-state index in [0.29, 0.717) is 22.5 Å². The van der Waals surface area contributed by atoms with E-state index in [1.54, 1.807) is 67.6 Å². The molecule has 3 aromatic carbocycles. The molecule has 0 saturated heterocycles. The van der Waals surface area contributed by atoms with Crippen LogP contribution in [0.5, 0.6) is 0 Å². The molecule has 0 aliphatic rings. The van der Waals surface area contributed by atoms with Crippen LogP contribution in [0.4, 0.5) is 11.4 Å². The van der Waals surface area contributed by atoms with Crippen LogP contribution in [0.2, 0.25) is 0 Å². The molecule has 8 heteroatoms. The number of hydrogen-bond donors (Lipinski definition) is 2. The van der Waals surface area contributed by atoms with Gasteiger partial charge < -0.3 is 5.32 Å². The molecule has 0 unspecified atom stereocenters. The molecular weight excluding hydrogens is 468 g/mol. The first kappa shape index (κ1) is 21.7. The minimum atomic E-state index is -3.46. The number of carbonyl (C=O) groups is 2. The van der Waals surface area contributed by atoms with Gasteiger partial charge in [-0.05, 0) is 55.0 Å². The molecule has 0 atom stereocenters. The third-order valence-electron chi connectivity index (χ3n) is 4.31. The Bertz CT molecular complexity index is 1220. The Hall–Kier alpha value is -2.97. The Balaban J connectivity index is 1.89. The number of halogens is 1. The van der Waals surface area contributed by atoms with Crippen LogP contribution in [-0.4, -0.2) is 26.4 Å². The van der Waals surface area contributed by atoms with Crippen molar-refractivity contribution in [2.24, 2.45) is 0 Å². The Morgan fingerprint density at radius 2 is 1.53 bits per heavy atom. The van der Waals surface area contributed by atoms with E-state index < -0.39 is 15.9 Å². The second kappa shape index (κ2) is 8.81. The van der Waals surface area contributed by atoms with E-state index >= 15 is 0 Å². The minimum absolute atomic E-state index is 0.226. The van der Waals surface area contributed by atoms with Crippen LogP contribution in [0.25, 0.3) is 0 Å².